The smallest absolute Gasteiger partial charge is 0.164 e. The zero-order valence-electron chi connectivity index (χ0n) is 11.4. The number of pyridine rings is 1. The second-order valence-electron chi connectivity index (χ2n) is 4.48. The quantitative estimate of drug-likeness (QED) is 0.568. The molecule has 1 aromatic heterocycles. The van der Waals surface area contributed by atoms with Crippen molar-refractivity contribution in [2.75, 3.05) is 13.2 Å². The van der Waals surface area contributed by atoms with Gasteiger partial charge in [-0.05, 0) is 26.0 Å². The molecule has 0 aliphatic heterocycles. The van der Waals surface area contributed by atoms with Gasteiger partial charge in [0, 0.05) is 24.2 Å². The Balaban J connectivity index is 2.43. The van der Waals surface area contributed by atoms with Crippen LogP contribution in [0, 0.1) is 0 Å². The summed E-state index contributed by atoms with van der Waals surface area (Å²) in [6.45, 7) is 7.54. The summed E-state index contributed by atoms with van der Waals surface area (Å²) < 4.78 is 5.33. The maximum Gasteiger partial charge on any atom is 0.164 e. The predicted octanol–water partition coefficient (Wildman–Crippen LogP) is 2.44. The molecule has 0 atom stereocenters. The molecule has 0 aromatic carbocycles. The van der Waals surface area contributed by atoms with Gasteiger partial charge in [0.05, 0.1) is 12.8 Å². The van der Waals surface area contributed by atoms with E-state index in [2.05, 4.69) is 24.1 Å². The second kappa shape index (κ2) is 7.82. The van der Waals surface area contributed by atoms with Gasteiger partial charge in [-0.3, -0.25) is 9.78 Å². The van der Waals surface area contributed by atoms with Gasteiger partial charge < -0.3 is 10.1 Å². The SMILES string of the molecule is CCOc1cncc(C(=O)CCCNC(C)C)c1. The summed E-state index contributed by atoms with van der Waals surface area (Å²) >= 11 is 0. The Morgan fingerprint density at radius 1 is 1.44 bits per heavy atom. The fourth-order valence-electron chi connectivity index (χ4n) is 1.60. The van der Waals surface area contributed by atoms with Crippen LogP contribution >= 0.6 is 0 Å². The van der Waals surface area contributed by atoms with E-state index in [0.29, 0.717) is 30.4 Å². The Morgan fingerprint density at radius 2 is 2.22 bits per heavy atom. The van der Waals surface area contributed by atoms with E-state index < -0.39 is 0 Å². The number of hydrogen-bond donors (Lipinski definition) is 1. The molecule has 0 radical (unpaired) electrons. The standard InChI is InChI=1S/C14H22N2O2/c1-4-18-13-8-12(9-15-10-13)14(17)6-5-7-16-11(2)3/h8-11,16H,4-7H2,1-3H3. The molecule has 18 heavy (non-hydrogen) atoms. The van der Waals surface area contributed by atoms with Crippen LogP contribution < -0.4 is 10.1 Å². The van der Waals surface area contributed by atoms with E-state index in [-0.39, 0.29) is 5.78 Å². The Hall–Kier alpha value is -1.42. The maximum atomic E-state index is 11.9. The molecule has 0 aliphatic rings. The van der Waals surface area contributed by atoms with Crippen molar-refractivity contribution in [1.82, 2.24) is 10.3 Å². The van der Waals surface area contributed by atoms with Crippen LogP contribution in [0.25, 0.3) is 0 Å². The molecule has 0 spiro atoms. The molecule has 1 N–H and O–H groups in total. The van der Waals surface area contributed by atoms with Crippen LogP contribution in [-0.4, -0.2) is 30.0 Å². The predicted molar refractivity (Wildman–Crippen MR) is 72.1 cm³/mol. The minimum atomic E-state index is 0.120. The fraction of sp³-hybridized carbons (Fsp3) is 0.571. The Labute approximate surface area is 109 Å². The molecular formula is C14H22N2O2. The third-order valence-corrected chi connectivity index (χ3v) is 2.48. The van der Waals surface area contributed by atoms with Crippen molar-refractivity contribution in [1.29, 1.82) is 0 Å². The fourth-order valence-corrected chi connectivity index (χ4v) is 1.60. The lowest BCUT2D eigenvalue weighted by molar-refractivity contribution is 0.0979. The van der Waals surface area contributed by atoms with Gasteiger partial charge >= 0.3 is 0 Å². The van der Waals surface area contributed by atoms with E-state index in [1.54, 1.807) is 18.5 Å². The number of nitrogens with zero attached hydrogens (tertiary/aromatic N) is 1. The highest BCUT2D eigenvalue weighted by Crippen LogP contribution is 2.13. The van der Waals surface area contributed by atoms with Crippen molar-refractivity contribution in [3.05, 3.63) is 24.0 Å². The lowest BCUT2D eigenvalue weighted by Gasteiger charge is -2.07. The molecule has 0 unspecified atom stereocenters. The summed E-state index contributed by atoms with van der Waals surface area (Å²) in [5.74, 6) is 0.776. The second-order valence-corrected chi connectivity index (χ2v) is 4.48. The molecule has 0 fully saturated rings. The number of ketones is 1. The monoisotopic (exact) mass is 250 g/mol. The maximum absolute atomic E-state index is 11.9. The number of rotatable bonds is 8. The molecule has 0 aliphatic carbocycles. The number of ether oxygens (including phenoxy) is 1. The number of carbonyl (C=O) groups is 1. The van der Waals surface area contributed by atoms with Crippen molar-refractivity contribution in [3.63, 3.8) is 0 Å². The van der Waals surface area contributed by atoms with E-state index in [9.17, 15) is 4.79 Å². The molecule has 4 heteroatoms. The van der Waals surface area contributed by atoms with Crippen molar-refractivity contribution in [3.8, 4) is 5.75 Å². The summed E-state index contributed by atoms with van der Waals surface area (Å²) in [4.78, 5) is 15.9. The average Bonchev–Trinajstić information content (AvgIpc) is 2.35. The Bertz CT molecular complexity index is 378. The van der Waals surface area contributed by atoms with Gasteiger partial charge in [0.2, 0.25) is 0 Å². The van der Waals surface area contributed by atoms with Crippen molar-refractivity contribution < 1.29 is 9.53 Å². The summed E-state index contributed by atoms with van der Waals surface area (Å²) in [5, 5.41) is 3.29. The summed E-state index contributed by atoms with van der Waals surface area (Å²) in [6, 6.07) is 2.22. The van der Waals surface area contributed by atoms with Gasteiger partial charge in [0.15, 0.2) is 5.78 Å². The van der Waals surface area contributed by atoms with E-state index >= 15 is 0 Å². The van der Waals surface area contributed by atoms with Gasteiger partial charge in [-0.25, -0.2) is 0 Å². The van der Waals surface area contributed by atoms with E-state index in [4.69, 9.17) is 4.74 Å². The Morgan fingerprint density at radius 3 is 2.89 bits per heavy atom. The van der Waals surface area contributed by atoms with Crippen LogP contribution in [0.1, 0.15) is 44.0 Å². The van der Waals surface area contributed by atoms with Gasteiger partial charge in [-0.15, -0.1) is 0 Å². The first-order valence-electron chi connectivity index (χ1n) is 6.48. The van der Waals surface area contributed by atoms with E-state index in [1.807, 2.05) is 6.92 Å². The highest BCUT2D eigenvalue weighted by molar-refractivity contribution is 5.96. The van der Waals surface area contributed by atoms with Crippen LogP contribution in [0.4, 0.5) is 0 Å². The lowest BCUT2D eigenvalue weighted by atomic mass is 10.1. The number of hydrogen-bond acceptors (Lipinski definition) is 4. The molecule has 0 amide bonds. The van der Waals surface area contributed by atoms with Gasteiger partial charge in [-0.2, -0.15) is 0 Å². The van der Waals surface area contributed by atoms with Gasteiger partial charge in [0.1, 0.15) is 5.75 Å². The number of Topliss-reactive ketones (excluding diaryl/α,β-unsaturated/α-hetero) is 1. The third-order valence-electron chi connectivity index (χ3n) is 2.48. The molecule has 0 saturated heterocycles. The van der Waals surface area contributed by atoms with Crippen LogP contribution in [0.3, 0.4) is 0 Å². The topological polar surface area (TPSA) is 51.2 Å². The molecule has 0 saturated carbocycles. The van der Waals surface area contributed by atoms with Crippen LogP contribution in [0.15, 0.2) is 18.5 Å². The molecule has 4 nitrogen and oxygen atoms in total. The van der Waals surface area contributed by atoms with Crippen LogP contribution in [0.2, 0.25) is 0 Å². The highest BCUT2D eigenvalue weighted by Gasteiger charge is 2.07. The number of aromatic nitrogens is 1. The molecule has 100 valence electrons. The zero-order chi connectivity index (χ0) is 13.4. The first kappa shape index (κ1) is 14.6. The minimum absolute atomic E-state index is 0.120. The average molecular weight is 250 g/mol. The minimum Gasteiger partial charge on any atom is -0.492 e. The van der Waals surface area contributed by atoms with Crippen molar-refractivity contribution in [2.45, 2.75) is 39.7 Å². The molecular weight excluding hydrogens is 228 g/mol. The van der Waals surface area contributed by atoms with Gasteiger partial charge in [-0.1, -0.05) is 13.8 Å². The molecule has 1 rings (SSSR count). The van der Waals surface area contributed by atoms with E-state index in [0.717, 1.165) is 13.0 Å². The van der Waals surface area contributed by atoms with E-state index in [1.165, 1.54) is 0 Å². The lowest BCUT2D eigenvalue weighted by Crippen LogP contribution is -2.24. The molecule has 1 heterocycles. The summed E-state index contributed by atoms with van der Waals surface area (Å²) in [5.41, 5.74) is 0.630. The first-order valence-corrected chi connectivity index (χ1v) is 6.48. The summed E-state index contributed by atoms with van der Waals surface area (Å²) in [7, 11) is 0. The highest BCUT2D eigenvalue weighted by atomic mass is 16.5. The zero-order valence-corrected chi connectivity index (χ0v) is 11.4. The van der Waals surface area contributed by atoms with Crippen LogP contribution in [0.5, 0.6) is 5.75 Å². The summed E-state index contributed by atoms with van der Waals surface area (Å²) in [6.07, 6.45) is 4.61. The third kappa shape index (κ3) is 5.27. The Kier molecular flexibility index (Phi) is 6.36. The largest absolute Gasteiger partial charge is 0.492 e. The molecule has 1 aromatic rings. The van der Waals surface area contributed by atoms with Crippen LogP contribution in [-0.2, 0) is 0 Å². The molecule has 0 bridgehead atoms. The number of carbonyl (C=O) groups excluding carboxylic acids is 1. The number of nitrogens with one attached hydrogen (secondary N) is 1. The normalized spacial score (nSPS) is 10.7. The van der Waals surface area contributed by atoms with Gasteiger partial charge in [0.25, 0.3) is 0 Å². The van der Waals surface area contributed by atoms with Crippen molar-refractivity contribution in [2.24, 2.45) is 0 Å². The first-order chi connectivity index (χ1) is 8.63. The van der Waals surface area contributed by atoms with Crippen molar-refractivity contribution >= 4 is 5.78 Å².